The van der Waals surface area contributed by atoms with Gasteiger partial charge in [-0.25, -0.2) is 0 Å². The van der Waals surface area contributed by atoms with E-state index >= 15 is 0 Å². The van der Waals surface area contributed by atoms with Crippen LogP contribution in [-0.4, -0.2) is 0 Å². The van der Waals surface area contributed by atoms with Crippen molar-refractivity contribution in [2.75, 3.05) is 0 Å². The maximum absolute atomic E-state index is 5.25. The summed E-state index contributed by atoms with van der Waals surface area (Å²) in [5.74, 6) is 0. The average molecular weight is 484 g/mol. The van der Waals surface area contributed by atoms with Crippen LogP contribution in [-0.2, 0) is 22.4 Å². The zero-order chi connectivity index (χ0) is 14.9. The number of hydrogen-bond donors (Lipinski definition) is 0. The van der Waals surface area contributed by atoms with Gasteiger partial charge in [-0.05, 0) is 23.8 Å². The maximum Gasteiger partial charge on any atom is 1.00 e. The SMILES string of the molecule is [Au+].[C-]#C.c1ccc(P(c2ccccc2)c2ccccc2)cc1. The van der Waals surface area contributed by atoms with Crippen LogP contribution in [0.4, 0.5) is 0 Å². The fourth-order valence-electron chi connectivity index (χ4n) is 2.18. The summed E-state index contributed by atoms with van der Waals surface area (Å²) >= 11 is 0. The van der Waals surface area contributed by atoms with E-state index in [4.69, 9.17) is 6.42 Å². The Morgan fingerprint density at radius 2 is 0.727 bits per heavy atom. The predicted molar refractivity (Wildman–Crippen MR) is 93.3 cm³/mol. The second-order valence-electron chi connectivity index (χ2n) is 4.34. The van der Waals surface area contributed by atoms with Gasteiger partial charge in [0.2, 0.25) is 0 Å². The molecule has 3 aromatic carbocycles. The van der Waals surface area contributed by atoms with Gasteiger partial charge in [-0.2, -0.15) is 0 Å². The third-order valence-corrected chi connectivity index (χ3v) is 5.49. The van der Waals surface area contributed by atoms with Crippen molar-refractivity contribution in [2.24, 2.45) is 0 Å². The molecule has 0 saturated carbocycles. The van der Waals surface area contributed by atoms with E-state index in [1.54, 1.807) is 0 Å². The third kappa shape index (κ3) is 4.70. The van der Waals surface area contributed by atoms with Gasteiger partial charge in [0.05, 0.1) is 0 Å². The first-order valence-corrected chi connectivity index (χ1v) is 8.03. The van der Waals surface area contributed by atoms with E-state index in [9.17, 15) is 0 Å². The zero-order valence-electron chi connectivity index (χ0n) is 12.0. The van der Waals surface area contributed by atoms with Crippen molar-refractivity contribution in [1.29, 1.82) is 0 Å². The van der Waals surface area contributed by atoms with Crippen LogP contribution >= 0.6 is 7.92 Å². The van der Waals surface area contributed by atoms with Gasteiger partial charge in [0.1, 0.15) is 0 Å². The van der Waals surface area contributed by atoms with Crippen LogP contribution in [0.15, 0.2) is 91.0 Å². The van der Waals surface area contributed by atoms with Crippen molar-refractivity contribution < 1.29 is 22.4 Å². The second kappa shape index (κ2) is 10.2. The van der Waals surface area contributed by atoms with E-state index in [0.717, 1.165) is 0 Å². The van der Waals surface area contributed by atoms with E-state index in [-0.39, 0.29) is 22.4 Å². The Bertz CT molecular complexity index is 569. The second-order valence-corrected chi connectivity index (χ2v) is 6.56. The zero-order valence-corrected chi connectivity index (χ0v) is 15.0. The Hall–Kier alpha value is -1.61. The summed E-state index contributed by atoms with van der Waals surface area (Å²) in [6.45, 7) is 0. The molecule has 22 heavy (non-hydrogen) atoms. The number of terminal acetylenes is 1. The molecule has 0 amide bonds. The molecule has 0 saturated heterocycles. The van der Waals surface area contributed by atoms with Crippen LogP contribution in [0.3, 0.4) is 0 Å². The Labute approximate surface area is 149 Å². The first kappa shape index (κ1) is 18.4. The summed E-state index contributed by atoms with van der Waals surface area (Å²) in [4.78, 5) is 0. The maximum atomic E-state index is 5.25. The minimum atomic E-state index is -0.446. The first-order valence-electron chi connectivity index (χ1n) is 6.69. The molecule has 0 bridgehead atoms. The van der Waals surface area contributed by atoms with E-state index < -0.39 is 7.92 Å². The van der Waals surface area contributed by atoms with E-state index in [1.165, 1.54) is 15.9 Å². The molecule has 0 nitrogen and oxygen atoms in total. The van der Waals surface area contributed by atoms with Crippen LogP contribution in [0, 0.1) is 12.8 Å². The van der Waals surface area contributed by atoms with Crippen LogP contribution in [0.2, 0.25) is 0 Å². The fraction of sp³-hybridized carbons (Fsp3) is 0. The molecule has 0 aliphatic carbocycles. The summed E-state index contributed by atoms with van der Waals surface area (Å²) in [5, 5.41) is 4.19. The fourth-order valence-corrected chi connectivity index (χ4v) is 4.48. The minimum Gasteiger partial charge on any atom is -0.697 e. The molecule has 0 atom stereocenters. The first-order chi connectivity index (χ1) is 10.4. The number of rotatable bonds is 3. The normalized spacial score (nSPS) is 9.23. The van der Waals surface area contributed by atoms with Gasteiger partial charge >= 0.3 is 22.4 Å². The minimum absolute atomic E-state index is 0. The number of hydrogen-bond acceptors (Lipinski definition) is 0. The van der Waals surface area contributed by atoms with Gasteiger partial charge in [0, 0.05) is 0 Å². The topological polar surface area (TPSA) is 0 Å². The molecule has 0 radical (unpaired) electrons. The van der Waals surface area contributed by atoms with Crippen molar-refractivity contribution in [3.8, 4) is 6.42 Å². The van der Waals surface area contributed by atoms with Crippen molar-refractivity contribution in [1.82, 2.24) is 0 Å². The molecule has 2 heteroatoms. The molecule has 0 heterocycles. The quantitative estimate of drug-likeness (QED) is 0.231. The Morgan fingerprint density at radius 3 is 0.955 bits per heavy atom. The molecule has 0 aliphatic heterocycles. The van der Waals surface area contributed by atoms with Gasteiger partial charge in [-0.1, -0.05) is 91.0 Å². The number of benzene rings is 3. The molecule has 3 aromatic rings. The molecular weight excluding hydrogens is 468 g/mol. The average Bonchev–Trinajstić information content (AvgIpc) is 2.60. The van der Waals surface area contributed by atoms with E-state index in [2.05, 4.69) is 97.4 Å². The summed E-state index contributed by atoms with van der Waals surface area (Å²) < 4.78 is 0. The molecule has 3 rings (SSSR count). The predicted octanol–water partition coefficient (Wildman–Crippen LogP) is 3.65. The van der Waals surface area contributed by atoms with Crippen LogP contribution in [0.5, 0.6) is 0 Å². The monoisotopic (exact) mass is 484 g/mol. The van der Waals surface area contributed by atoms with Crippen molar-refractivity contribution in [3.05, 3.63) is 97.4 Å². The molecule has 0 spiro atoms. The van der Waals surface area contributed by atoms with Gasteiger partial charge in [-0.3, -0.25) is 0 Å². The van der Waals surface area contributed by atoms with E-state index in [0.29, 0.717) is 0 Å². The van der Waals surface area contributed by atoms with Gasteiger partial charge in [0.15, 0.2) is 0 Å². The molecule has 112 valence electrons. The molecule has 0 fully saturated rings. The molecule has 0 aromatic heterocycles. The molecular formula is C20H16AuP. The van der Waals surface area contributed by atoms with E-state index in [1.807, 2.05) is 0 Å². The molecule has 0 aliphatic rings. The Kier molecular flexibility index (Phi) is 8.53. The smallest absolute Gasteiger partial charge is 0.697 e. The standard InChI is InChI=1S/C18H15P.C2H.Au/c1-4-10-16(11-5-1)19(17-12-6-2-7-13-17)18-14-8-3-9-15-18;1-2;/h1-15H;1H;/q;-1;+1. The van der Waals surface area contributed by atoms with Gasteiger partial charge in [0.25, 0.3) is 0 Å². The third-order valence-electron chi connectivity index (χ3n) is 3.04. The summed E-state index contributed by atoms with van der Waals surface area (Å²) in [5.41, 5.74) is 0. The summed E-state index contributed by atoms with van der Waals surface area (Å²) in [6.07, 6.45) is 9.00. The molecule has 0 N–H and O–H groups in total. The van der Waals surface area contributed by atoms with Crippen LogP contribution in [0.25, 0.3) is 0 Å². The molecule has 0 unspecified atom stereocenters. The van der Waals surface area contributed by atoms with Crippen LogP contribution < -0.4 is 15.9 Å². The largest absolute Gasteiger partial charge is 1.00 e. The summed E-state index contributed by atoms with van der Waals surface area (Å²) in [7, 11) is -0.446. The van der Waals surface area contributed by atoms with Gasteiger partial charge in [-0.15, -0.1) is 0 Å². The van der Waals surface area contributed by atoms with Crippen molar-refractivity contribution in [2.45, 2.75) is 0 Å². The Balaban J connectivity index is 0.000000775. The van der Waals surface area contributed by atoms with Crippen molar-refractivity contribution >= 4 is 23.8 Å². The van der Waals surface area contributed by atoms with Gasteiger partial charge < -0.3 is 12.8 Å². The van der Waals surface area contributed by atoms with Crippen LogP contribution in [0.1, 0.15) is 0 Å². The Morgan fingerprint density at radius 1 is 0.500 bits per heavy atom. The van der Waals surface area contributed by atoms with Crippen molar-refractivity contribution in [3.63, 3.8) is 0 Å². The summed E-state index contributed by atoms with van der Waals surface area (Å²) in [6, 6.07) is 32.3.